The lowest BCUT2D eigenvalue weighted by atomic mass is 10.1. The van der Waals surface area contributed by atoms with Crippen LogP contribution in [0.3, 0.4) is 0 Å². The molecule has 0 saturated heterocycles. The highest BCUT2D eigenvalue weighted by Crippen LogP contribution is 2.02. The van der Waals surface area contributed by atoms with Gasteiger partial charge in [-0.1, -0.05) is 17.7 Å². The minimum Gasteiger partial charge on any atom is -0.480 e. The van der Waals surface area contributed by atoms with Crippen molar-refractivity contribution in [1.82, 2.24) is 16.2 Å². The van der Waals surface area contributed by atoms with Crippen molar-refractivity contribution in [2.45, 2.75) is 19.4 Å². The first kappa shape index (κ1) is 18.6. The minimum atomic E-state index is -1.15. The lowest BCUT2D eigenvalue weighted by Gasteiger charge is -2.14. The quantitative estimate of drug-likeness (QED) is 0.390. The largest absolute Gasteiger partial charge is 0.480 e. The third-order valence-electron chi connectivity index (χ3n) is 3.01. The Labute approximate surface area is 134 Å². The van der Waals surface area contributed by atoms with Crippen molar-refractivity contribution in [2.75, 3.05) is 20.3 Å². The van der Waals surface area contributed by atoms with E-state index < -0.39 is 23.8 Å². The Morgan fingerprint density at radius 3 is 2.39 bits per heavy atom. The number of carbonyl (C=O) groups excluding carboxylic acids is 2. The van der Waals surface area contributed by atoms with Crippen LogP contribution in [-0.2, 0) is 14.3 Å². The Balaban J connectivity index is 2.43. The molecule has 0 aliphatic rings. The van der Waals surface area contributed by atoms with Gasteiger partial charge >= 0.3 is 5.97 Å². The van der Waals surface area contributed by atoms with Gasteiger partial charge in [0.1, 0.15) is 6.04 Å². The summed E-state index contributed by atoms with van der Waals surface area (Å²) in [6, 6.07) is 5.75. The number of amides is 2. The molecule has 0 aliphatic carbocycles. The van der Waals surface area contributed by atoms with Gasteiger partial charge in [0.15, 0.2) is 0 Å². The summed E-state index contributed by atoms with van der Waals surface area (Å²) in [6.07, 6.45) is -0.312. The van der Waals surface area contributed by atoms with E-state index in [0.29, 0.717) is 18.7 Å². The topological polar surface area (TPSA) is 117 Å². The Morgan fingerprint density at radius 2 is 1.83 bits per heavy atom. The number of aliphatic carboxylic acids is 1. The zero-order valence-corrected chi connectivity index (χ0v) is 13.1. The van der Waals surface area contributed by atoms with Crippen molar-refractivity contribution in [3.63, 3.8) is 0 Å². The molecule has 0 unspecified atom stereocenters. The Kier molecular flexibility index (Phi) is 7.72. The number of benzene rings is 1. The maximum atomic E-state index is 11.8. The third kappa shape index (κ3) is 6.90. The number of methoxy groups -OCH3 is 1. The van der Waals surface area contributed by atoms with Crippen LogP contribution in [0.1, 0.15) is 22.3 Å². The zero-order chi connectivity index (χ0) is 17.2. The number of hydrogen-bond acceptors (Lipinski definition) is 5. The predicted octanol–water partition coefficient (Wildman–Crippen LogP) is -0.165. The summed E-state index contributed by atoms with van der Waals surface area (Å²) in [5.41, 5.74) is 5.85. The number of rotatable bonds is 8. The van der Waals surface area contributed by atoms with Gasteiger partial charge in [-0.05, 0) is 19.1 Å². The van der Waals surface area contributed by atoms with Gasteiger partial charge in [0.05, 0.1) is 13.0 Å². The van der Waals surface area contributed by atoms with E-state index in [0.717, 1.165) is 5.56 Å². The third-order valence-corrected chi connectivity index (χ3v) is 3.01. The molecule has 4 N–H and O–H groups in total. The Morgan fingerprint density at radius 1 is 1.17 bits per heavy atom. The molecule has 1 aromatic rings. The predicted molar refractivity (Wildman–Crippen MR) is 82.7 cm³/mol. The van der Waals surface area contributed by atoms with Crippen LogP contribution in [-0.4, -0.2) is 49.2 Å². The highest BCUT2D eigenvalue weighted by molar-refractivity contribution is 5.95. The van der Waals surface area contributed by atoms with Gasteiger partial charge in [-0.25, -0.2) is 0 Å². The lowest BCUT2D eigenvalue weighted by Crippen LogP contribution is -2.47. The molecule has 23 heavy (non-hydrogen) atoms. The van der Waals surface area contributed by atoms with Crippen molar-refractivity contribution in [2.24, 2.45) is 0 Å². The molecule has 0 heterocycles. The molecule has 126 valence electrons. The summed E-state index contributed by atoms with van der Waals surface area (Å²) in [7, 11) is 1.49. The van der Waals surface area contributed by atoms with Crippen LogP contribution in [0, 0.1) is 6.92 Å². The molecule has 8 nitrogen and oxygen atoms in total. The van der Waals surface area contributed by atoms with Crippen molar-refractivity contribution >= 4 is 17.8 Å². The van der Waals surface area contributed by atoms with Crippen molar-refractivity contribution in [3.05, 3.63) is 35.4 Å². The summed E-state index contributed by atoms with van der Waals surface area (Å²) < 4.78 is 4.80. The van der Waals surface area contributed by atoms with Crippen molar-refractivity contribution in [3.8, 4) is 0 Å². The average Bonchev–Trinajstić information content (AvgIpc) is 2.52. The van der Waals surface area contributed by atoms with E-state index in [2.05, 4.69) is 16.2 Å². The Hall–Kier alpha value is -2.45. The minimum absolute atomic E-state index is 0.302. The number of ether oxygens (including phenoxy) is 1. The summed E-state index contributed by atoms with van der Waals surface area (Å²) in [6.45, 7) is 2.53. The molecule has 1 rings (SSSR count). The smallest absolute Gasteiger partial charge is 0.321 e. The maximum absolute atomic E-state index is 11.8. The highest BCUT2D eigenvalue weighted by Gasteiger charge is 2.20. The summed E-state index contributed by atoms with van der Waals surface area (Å²) in [5.74, 6) is -2.23. The first-order valence-corrected chi connectivity index (χ1v) is 7.05. The fourth-order valence-electron chi connectivity index (χ4n) is 1.72. The highest BCUT2D eigenvalue weighted by atomic mass is 16.5. The van der Waals surface area contributed by atoms with Gasteiger partial charge in [0.25, 0.3) is 5.91 Å². The molecular weight excluding hydrogens is 302 g/mol. The van der Waals surface area contributed by atoms with Crippen LogP contribution in [0.15, 0.2) is 24.3 Å². The van der Waals surface area contributed by atoms with Gasteiger partial charge in [-0.3, -0.25) is 25.2 Å². The van der Waals surface area contributed by atoms with Crippen LogP contribution in [0.25, 0.3) is 0 Å². The molecule has 8 heteroatoms. The van der Waals surface area contributed by atoms with E-state index in [1.165, 1.54) is 7.11 Å². The number of hydrazine groups is 1. The van der Waals surface area contributed by atoms with Crippen LogP contribution in [0.2, 0.25) is 0 Å². The van der Waals surface area contributed by atoms with E-state index in [-0.39, 0.29) is 6.42 Å². The van der Waals surface area contributed by atoms with E-state index in [1.807, 2.05) is 6.92 Å². The molecule has 0 bridgehead atoms. The maximum Gasteiger partial charge on any atom is 0.321 e. The number of hydrogen-bond donors (Lipinski definition) is 4. The molecule has 0 radical (unpaired) electrons. The first-order chi connectivity index (χ1) is 10.9. The average molecular weight is 323 g/mol. The normalized spacial score (nSPS) is 11.6. The number of carboxylic acid groups (broad SMARTS) is 1. The molecule has 1 atom stereocenters. The van der Waals surface area contributed by atoms with Gasteiger partial charge in [0.2, 0.25) is 5.91 Å². The van der Waals surface area contributed by atoms with Crippen molar-refractivity contribution < 1.29 is 24.2 Å². The first-order valence-electron chi connectivity index (χ1n) is 7.05. The lowest BCUT2D eigenvalue weighted by molar-refractivity contribution is -0.141. The fraction of sp³-hybridized carbons (Fsp3) is 0.400. The number of nitrogens with one attached hydrogen (secondary N) is 3. The second kappa shape index (κ2) is 9.54. The van der Waals surface area contributed by atoms with E-state index >= 15 is 0 Å². The van der Waals surface area contributed by atoms with Crippen molar-refractivity contribution in [1.29, 1.82) is 0 Å². The standard InChI is InChI=1S/C15H21N3O5/c1-10-3-5-11(6-4-10)14(20)18-17-13(19)9-12(15(21)22)16-7-8-23-2/h3-6,12,16H,7-9H2,1-2H3,(H,17,19)(H,18,20)(H,21,22)/t12-/m0/s1. The van der Waals surface area contributed by atoms with E-state index in [4.69, 9.17) is 9.84 Å². The molecule has 2 amide bonds. The van der Waals surface area contributed by atoms with Gasteiger partial charge in [0, 0.05) is 19.2 Å². The van der Waals surface area contributed by atoms with Crippen LogP contribution in [0.5, 0.6) is 0 Å². The second-order valence-corrected chi connectivity index (χ2v) is 4.91. The molecule has 0 aliphatic heterocycles. The SMILES string of the molecule is COCCN[C@@H](CC(=O)NNC(=O)c1ccc(C)cc1)C(=O)O. The molecule has 0 saturated carbocycles. The van der Waals surface area contributed by atoms with Crippen LogP contribution >= 0.6 is 0 Å². The monoisotopic (exact) mass is 323 g/mol. The van der Waals surface area contributed by atoms with Gasteiger partial charge in [-0.2, -0.15) is 0 Å². The summed E-state index contributed by atoms with van der Waals surface area (Å²) >= 11 is 0. The van der Waals surface area contributed by atoms with Crippen LogP contribution in [0.4, 0.5) is 0 Å². The molecule has 0 aromatic heterocycles. The second-order valence-electron chi connectivity index (χ2n) is 4.91. The van der Waals surface area contributed by atoms with E-state index in [9.17, 15) is 14.4 Å². The number of aryl methyl sites for hydroxylation is 1. The van der Waals surface area contributed by atoms with Crippen LogP contribution < -0.4 is 16.2 Å². The zero-order valence-electron chi connectivity index (χ0n) is 13.1. The van der Waals surface area contributed by atoms with Gasteiger partial charge in [-0.15, -0.1) is 0 Å². The fourth-order valence-corrected chi connectivity index (χ4v) is 1.72. The number of carboxylic acids is 1. The van der Waals surface area contributed by atoms with Gasteiger partial charge < -0.3 is 15.2 Å². The molecule has 1 aromatic carbocycles. The summed E-state index contributed by atoms with van der Waals surface area (Å²) in [4.78, 5) is 34.6. The summed E-state index contributed by atoms with van der Waals surface area (Å²) in [5, 5.41) is 11.7. The molecular formula is C15H21N3O5. The molecule has 0 fully saturated rings. The number of carbonyl (C=O) groups is 3. The van der Waals surface area contributed by atoms with E-state index in [1.54, 1.807) is 24.3 Å². The Bertz CT molecular complexity index is 545. The molecule has 0 spiro atoms.